The van der Waals surface area contributed by atoms with Gasteiger partial charge >= 0.3 is 0 Å². The first-order valence-electron chi connectivity index (χ1n) is 11.7. The molecule has 0 aromatic heterocycles. The van der Waals surface area contributed by atoms with Gasteiger partial charge in [-0.1, -0.05) is 55.5 Å². The van der Waals surface area contributed by atoms with Crippen molar-refractivity contribution >= 4 is 23.7 Å². The van der Waals surface area contributed by atoms with Gasteiger partial charge in [0.15, 0.2) is 5.96 Å². The fourth-order valence-electron chi connectivity index (χ4n) is 3.61. The molecule has 184 valence electrons. The number of guanidine groups is 1. The van der Waals surface area contributed by atoms with E-state index in [2.05, 4.69) is 27.0 Å². The molecule has 1 aromatic carbocycles. The highest BCUT2D eigenvalue weighted by Crippen LogP contribution is 2.27. The molecule has 9 heteroatoms. The third-order valence-electron chi connectivity index (χ3n) is 5.51. The van der Waals surface area contributed by atoms with Crippen molar-refractivity contribution in [1.29, 1.82) is 0 Å². The predicted molar refractivity (Wildman–Crippen MR) is 134 cm³/mol. The van der Waals surface area contributed by atoms with Gasteiger partial charge in [-0.25, -0.2) is 0 Å². The van der Waals surface area contributed by atoms with Gasteiger partial charge in [-0.2, -0.15) is 0 Å². The number of amides is 3. The summed E-state index contributed by atoms with van der Waals surface area (Å²) in [5, 5.41) is 8.52. The lowest BCUT2D eigenvalue weighted by molar-refractivity contribution is -0.132. The third-order valence-corrected chi connectivity index (χ3v) is 5.51. The molecule has 0 aliphatic heterocycles. The van der Waals surface area contributed by atoms with E-state index < -0.39 is 18.0 Å². The maximum atomic E-state index is 13.0. The van der Waals surface area contributed by atoms with E-state index in [0.29, 0.717) is 19.4 Å². The van der Waals surface area contributed by atoms with Gasteiger partial charge in [0.1, 0.15) is 12.1 Å². The van der Waals surface area contributed by atoms with Crippen molar-refractivity contribution in [3.05, 3.63) is 59.7 Å². The number of hydrogen-bond acceptors (Lipinski definition) is 4. The summed E-state index contributed by atoms with van der Waals surface area (Å²) < 4.78 is 0. The second kappa shape index (κ2) is 13.8. The minimum Gasteiger partial charge on any atom is -0.370 e. The summed E-state index contributed by atoms with van der Waals surface area (Å²) >= 11 is 0. The van der Waals surface area contributed by atoms with Crippen molar-refractivity contribution in [3.8, 4) is 0 Å². The van der Waals surface area contributed by atoms with Crippen molar-refractivity contribution < 1.29 is 14.4 Å². The fraction of sp³-hybridized carbons (Fsp3) is 0.440. The zero-order valence-corrected chi connectivity index (χ0v) is 19.9. The van der Waals surface area contributed by atoms with Crippen LogP contribution < -0.4 is 27.4 Å². The molecule has 2 rings (SSSR count). The zero-order chi connectivity index (χ0) is 24.9. The molecule has 34 heavy (non-hydrogen) atoms. The van der Waals surface area contributed by atoms with E-state index in [4.69, 9.17) is 11.5 Å². The Bertz CT molecular complexity index is 922. The smallest absolute Gasteiger partial charge is 0.243 e. The van der Waals surface area contributed by atoms with E-state index in [1.807, 2.05) is 42.5 Å². The predicted octanol–water partition coefficient (Wildman–Crippen LogP) is 1.57. The van der Waals surface area contributed by atoms with E-state index in [1.165, 1.54) is 0 Å². The van der Waals surface area contributed by atoms with E-state index in [0.717, 1.165) is 24.0 Å². The lowest BCUT2D eigenvalue weighted by Gasteiger charge is -2.26. The first-order chi connectivity index (χ1) is 16.3. The molecule has 0 spiro atoms. The molecule has 3 amide bonds. The van der Waals surface area contributed by atoms with Crippen LogP contribution in [-0.2, 0) is 14.4 Å². The van der Waals surface area contributed by atoms with Crippen molar-refractivity contribution in [2.45, 2.75) is 64.1 Å². The molecule has 0 saturated heterocycles. The quantitative estimate of drug-likeness (QED) is 0.179. The second-order valence-corrected chi connectivity index (χ2v) is 8.21. The fourth-order valence-corrected chi connectivity index (χ4v) is 3.61. The topological polar surface area (TPSA) is 152 Å². The average Bonchev–Trinajstić information content (AvgIpc) is 2.84. The Morgan fingerprint density at radius 1 is 1.06 bits per heavy atom. The summed E-state index contributed by atoms with van der Waals surface area (Å²) in [5.41, 5.74) is 12.7. The summed E-state index contributed by atoms with van der Waals surface area (Å²) in [7, 11) is 0. The molecular weight excluding hydrogens is 432 g/mol. The number of nitrogens with two attached hydrogens (primary N) is 2. The number of rotatable bonds is 12. The highest BCUT2D eigenvalue weighted by atomic mass is 16.2. The minimum absolute atomic E-state index is 0.0274. The van der Waals surface area contributed by atoms with Crippen LogP contribution in [-0.4, -0.2) is 42.3 Å². The third kappa shape index (κ3) is 8.73. The van der Waals surface area contributed by atoms with Crippen molar-refractivity contribution in [2.24, 2.45) is 16.5 Å². The molecule has 0 fully saturated rings. The van der Waals surface area contributed by atoms with Crippen LogP contribution >= 0.6 is 0 Å². The van der Waals surface area contributed by atoms with Crippen molar-refractivity contribution in [2.75, 3.05) is 6.54 Å². The van der Waals surface area contributed by atoms with Crippen molar-refractivity contribution in [3.63, 3.8) is 0 Å². The number of benzene rings is 1. The molecule has 7 N–H and O–H groups in total. The molecule has 1 aromatic rings. The Morgan fingerprint density at radius 2 is 1.79 bits per heavy atom. The molecule has 3 unspecified atom stereocenters. The number of nitrogens with one attached hydrogen (secondary N) is 3. The molecule has 9 nitrogen and oxygen atoms in total. The van der Waals surface area contributed by atoms with Crippen LogP contribution in [0.4, 0.5) is 0 Å². The first-order valence-corrected chi connectivity index (χ1v) is 11.7. The van der Waals surface area contributed by atoms with Gasteiger partial charge in [-0.3, -0.25) is 19.4 Å². The van der Waals surface area contributed by atoms with E-state index in [9.17, 15) is 14.4 Å². The van der Waals surface area contributed by atoms with Gasteiger partial charge in [0.25, 0.3) is 0 Å². The van der Waals surface area contributed by atoms with Crippen LogP contribution in [0.25, 0.3) is 0 Å². The Morgan fingerprint density at radius 3 is 2.41 bits per heavy atom. The molecule has 0 heterocycles. The molecule has 0 bridgehead atoms. The number of aliphatic imine (C=N–C) groups is 1. The van der Waals surface area contributed by atoms with Crippen LogP contribution in [0.3, 0.4) is 0 Å². The Kier molecular flexibility index (Phi) is 10.8. The SMILES string of the molecule is CCC(=O)NC(CCCN=C(N)N)C(=O)NC(C)C(=O)NC(C1=CC=CCC1)c1ccccc1. The lowest BCUT2D eigenvalue weighted by atomic mass is 9.92. The van der Waals surface area contributed by atoms with E-state index in [1.54, 1.807) is 13.8 Å². The molecular formula is C25H36N6O3. The van der Waals surface area contributed by atoms with Gasteiger partial charge in [0.2, 0.25) is 17.7 Å². The number of nitrogens with zero attached hydrogens (tertiary/aromatic N) is 1. The van der Waals surface area contributed by atoms with Crippen molar-refractivity contribution in [1.82, 2.24) is 16.0 Å². The normalized spacial score (nSPS) is 15.3. The van der Waals surface area contributed by atoms with Crippen LogP contribution in [0.1, 0.15) is 57.6 Å². The van der Waals surface area contributed by atoms with Crippen LogP contribution in [0.2, 0.25) is 0 Å². The monoisotopic (exact) mass is 468 g/mol. The standard InChI is InChI=1S/C25H36N6O3/c1-3-21(32)30-20(15-10-16-28-25(26)27)24(34)29-17(2)23(33)31-22(18-11-6-4-7-12-18)19-13-8-5-9-14-19/h4-8,11-13,17,20,22H,3,9-10,14-16H2,1-2H3,(H,29,34)(H,30,32)(H,31,33)(H4,26,27,28). The molecule has 3 atom stereocenters. The Labute approximate surface area is 201 Å². The summed E-state index contributed by atoms with van der Waals surface area (Å²) in [6.07, 6.45) is 8.96. The largest absolute Gasteiger partial charge is 0.370 e. The minimum atomic E-state index is -0.794. The highest BCUT2D eigenvalue weighted by Gasteiger charge is 2.26. The molecule has 1 aliphatic carbocycles. The number of carbonyl (C=O) groups excluding carboxylic acids is 3. The van der Waals surface area contributed by atoms with E-state index >= 15 is 0 Å². The van der Waals surface area contributed by atoms with Gasteiger partial charge in [-0.05, 0) is 43.7 Å². The molecule has 0 radical (unpaired) electrons. The van der Waals surface area contributed by atoms with Gasteiger partial charge in [0, 0.05) is 13.0 Å². The first kappa shape index (κ1) is 26.6. The maximum Gasteiger partial charge on any atom is 0.243 e. The van der Waals surface area contributed by atoms with Crippen LogP contribution in [0.15, 0.2) is 59.1 Å². The Balaban J connectivity index is 2.05. The summed E-state index contributed by atoms with van der Waals surface area (Å²) in [6.45, 7) is 3.67. The molecule has 1 aliphatic rings. The number of hydrogen-bond donors (Lipinski definition) is 5. The maximum absolute atomic E-state index is 13.0. The summed E-state index contributed by atoms with van der Waals surface area (Å²) in [5.74, 6) is -1.01. The van der Waals surface area contributed by atoms with Gasteiger partial charge in [-0.15, -0.1) is 0 Å². The lowest BCUT2D eigenvalue weighted by Crippen LogP contribution is -2.53. The number of allylic oxidation sites excluding steroid dienone is 3. The number of carbonyl (C=O) groups is 3. The van der Waals surface area contributed by atoms with E-state index in [-0.39, 0.29) is 30.2 Å². The second-order valence-electron chi connectivity index (χ2n) is 8.21. The van der Waals surface area contributed by atoms with Crippen LogP contribution in [0.5, 0.6) is 0 Å². The van der Waals surface area contributed by atoms with Crippen LogP contribution in [0, 0.1) is 0 Å². The average molecular weight is 469 g/mol. The van der Waals surface area contributed by atoms with Gasteiger partial charge in [0.05, 0.1) is 6.04 Å². The zero-order valence-electron chi connectivity index (χ0n) is 19.9. The Hall–Kier alpha value is -3.62. The summed E-state index contributed by atoms with van der Waals surface area (Å²) in [4.78, 5) is 41.7. The highest BCUT2D eigenvalue weighted by molar-refractivity contribution is 5.92. The molecule has 0 saturated carbocycles. The van der Waals surface area contributed by atoms with Gasteiger partial charge < -0.3 is 27.4 Å². The summed E-state index contributed by atoms with van der Waals surface area (Å²) in [6, 6.07) is 7.88.